The van der Waals surface area contributed by atoms with Crippen molar-refractivity contribution in [1.82, 2.24) is 4.57 Å². The lowest BCUT2D eigenvalue weighted by Gasteiger charge is -2.24. The number of benzene rings is 3. The Balaban J connectivity index is 1.68. The number of ether oxygens (including phenoxy) is 3. The number of allylic oxidation sites excluding steroid dienone is 1. The van der Waals surface area contributed by atoms with Crippen molar-refractivity contribution in [3.8, 4) is 11.5 Å². The highest BCUT2D eigenvalue weighted by atomic mass is 32.1. The average molecular weight is 555 g/mol. The molecule has 1 aromatic heterocycles. The Morgan fingerprint density at radius 1 is 1.02 bits per heavy atom. The van der Waals surface area contributed by atoms with E-state index >= 15 is 0 Å². The molecule has 1 aliphatic rings. The molecule has 0 saturated carbocycles. The molecule has 0 N–H and O–H groups in total. The van der Waals surface area contributed by atoms with Crippen molar-refractivity contribution < 1.29 is 19.0 Å². The van der Waals surface area contributed by atoms with Crippen LogP contribution in [0.15, 0.2) is 94.4 Å². The summed E-state index contributed by atoms with van der Waals surface area (Å²) in [5.41, 5.74) is 2.28. The number of aromatic nitrogens is 1. The van der Waals surface area contributed by atoms with Crippen molar-refractivity contribution in [2.45, 2.75) is 26.8 Å². The van der Waals surface area contributed by atoms with Gasteiger partial charge in [-0.15, -0.1) is 0 Å². The van der Waals surface area contributed by atoms with E-state index in [1.54, 1.807) is 24.5 Å². The molecule has 8 heteroatoms. The number of nitrogens with zero attached hydrogens (tertiary/aromatic N) is 2. The van der Waals surface area contributed by atoms with Gasteiger partial charge in [0.2, 0.25) is 0 Å². The molecule has 0 fully saturated rings. The number of hydrogen-bond donors (Lipinski definition) is 0. The number of thiazole rings is 1. The summed E-state index contributed by atoms with van der Waals surface area (Å²) >= 11 is 1.30. The minimum atomic E-state index is -0.692. The molecule has 4 aromatic rings. The standard InChI is InChI=1S/C32H30N2O5S/c1-5-18-39-23-15-12-21(13-16-23)29-28(31(36)38-7-3)20(4)33-32-34(29)30(35)27(40-32)19-22-14-17-26(37-6-2)25-11-9-8-10-24(22)25/h5,8-17,19,29H,1,6-7,18H2,2-4H3/b27-19-/t29-/m0/s1. The van der Waals surface area contributed by atoms with Crippen molar-refractivity contribution in [3.05, 3.63) is 115 Å². The summed E-state index contributed by atoms with van der Waals surface area (Å²) in [6.07, 6.45) is 3.55. The molecule has 204 valence electrons. The van der Waals surface area contributed by atoms with Crippen LogP contribution in [0.3, 0.4) is 0 Å². The van der Waals surface area contributed by atoms with Gasteiger partial charge in [0.25, 0.3) is 5.56 Å². The fourth-order valence-electron chi connectivity index (χ4n) is 4.85. The zero-order valence-electron chi connectivity index (χ0n) is 22.7. The van der Waals surface area contributed by atoms with E-state index in [9.17, 15) is 9.59 Å². The first kappa shape index (κ1) is 27.1. The second-order valence-corrected chi connectivity index (χ2v) is 10.1. The molecular weight excluding hydrogens is 524 g/mol. The summed E-state index contributed by atoms with van der Waals surface area (Å²) in [6, 6.07) is 18.5. The van der Waals surface area contributed by atoms with Crippen molar-refractivity contribution in [2.24, 2.45) is 4.99 Å². The van der Waals surface area contributed by atoms with Crippen LogP contribution in [0.25, 0.3) is 16.8 Å². The second kappa shape index (κ2) is 11.8. The molecule has 0 bridgehead atoms. The summed E-state index contributed by atoms with van der Waals surface area (Å²) in [6.45, 7) is 10.3. The molecule has 0 unspecified atom stereocenters. The highest BCUT2D eigenvalue weighted by Crippen LogP contribution is 2.32. The SMILES string of the molecule is C=CCOc1ccc([C@H]2C(C(=O)OCC)=C(C)N=c3s/c(=C\c4ccc(OCC)c5ccccc45)c(=O)n32)cc1. The Kier molecular flexibility index (Phi) is 7.98. The molecule has 0 radical (unpaired) electrons. The number of rotatable bonds is 9. The van der Waals surface area contributed by atoms with Crippen LogP contribution in [0.5, 0.6) is 11.5 Å². The van der Waals surface area contributed by atoms with Crippen molar-refractivity contribution in [2.75, 3.05) is 19.8 Å². The predicted molar refractivity (Wildman–Crippen MR) is 158 cm³/mol. The Labute approximate surface area is 236 Å². The Morgan fingerprint density at radius 2 is 1.77 bits per heavy atom. The van der Waals surface area contributed by atoms with Crippen LogP contribution in [0.4, 0.5) is 0 Å². The molecule has 2 heterocycles. The molecule has 0 aliphatic carbocycles. The van der Waals surface area contributed by atoms with E-state index in [1.165, 1.54) is 11.3 Å². The number of carbonyl (C=O) groups excluding carboxylic acids is 1. The van der Waals surface area contributed by atoms with Gasteiger partial charge in [0.15, 0.2) is 4.80 Å². The maximum atomic E-state index is 14.0. The lowest BCUT2D eigenvalue weighted by molar-refractivity contribution is -0.139. The number of hydrogen-bond acceptors (Lipinski definition) is 7. The first-order valence-electron chi connectivity index (χ1n) is 13.1. The largest absolute Gasteiger partial charge is 0.493 e. The van der Waals surface area contributed by atoms with Crippen molar-refractivity contribution in [3.63, 3.8) is 0 Å². The van der Waals surface area contributed by atoms with E-state index in [4.69, 9.17) is 14.2 Å². The lowest BCUT2D eigenvalue weighted by Crippen LogP contribution is -2.39. The number of fused-ring (bicyclic) bond motifs is 2. The average Bonchev–Trinajstić information content (AvgIpc) is 3.27. The highest BCUT2D eigenvalue weighted by Gasteiger charge is 2.33. The summed E-state index contributed by atoms with van der Waals surface area (Å²) in [7, 11) is 0. The van der Waals surface area contributed by atoms with E-state index in [-0.39, 0.29) is 12.2 Å². The third-order valence-electron chi connectivity index (χ3n) is 6.58. The monoisotopic (exact) mass is 554 g/mol. The quantitative estimate of drug-likeness (QED) is 0.217. The molecule has 0 saturated heterocycles. The maximum Gasteiger partial charge on any atom is 0.338 e. The van der Waals surface area contributed by atoms with Crippen LogP contribution in [-0.4, -0.2) is 30.4 Å². The van der Waals surface area contributed by atoms with E-state index in [0.717, 1.165) is 27.6 Å². The second-order valence-electron chi connectivity index (χ2n) is 9.10. The third kappa shape index (κ3) is 5.10. The molecule has 7 nitrogen and oxygen atoms in total. The number of carbonyl (C=O) groups is 1. The van der Waals surface area contributed by atoms with Gasteiger partial charge in [-0.25, -0.2) is 9.79 Å². The van der Waals surface area contributed by atoms with Crippen LogP contribution in [0.1, 0.15) is 37.9 Å². The first-order valence-corrected chi connectivity index (χ1v) is 14.0. The summed E-state index contributed by atoms with van der Waals surface area (Å²) in [5, 5.41) is 1.96. The predicted octanol–water partition coefficient (Wildman–Crippen LogP) is 4.92. The molecule has 40 heavy (non-hydrogen) atoms. The van der Waals surface area contributed by atoms with Gasteiger partial charge in [-0.3, -0.25) is 9.36 Å². The van der Waals surface area contributed by atoms with E-state index in [0.29, 0.717) is 39.6 Å². The van der Waals surface area contributed by atoms with Crippen molar-refractivity contribution in [1.29, 1.82) is 0 Å². The van der Waals surface area contributed by atoms with E-state index in [2.05, 4.69) is 11.6 Å². The Hall–Kier alpha value is -4.43. The first-order chi connectivity index (χ1) is 19.5. The normalized spacial score (nSPS) is 15.0. The van der Waals surface area contributed by atoms with Crippen LogP contribution in [-0.2, 0) is 9.53 Å². The fourth-order valence-corrected chi connectivity index (χ4v) is 5.89. The number of esters is 1. The van der Waals surface area contributed by atoms with Gasteiger partial charge in [-0.05, 0) is 61.6 Å². The zero-order valence-corrected chi connectivity index (χ0v) is 23.5. The van der Waals surface area contributed by atoms with Crippen LogP contribution in [0, 0.1) is 0 Å². The summed E-state index contributed by atoms with van der Waals surface area (Å²) < 4.78 is 18.9. The smallest absolute Gasteiger partial charge is 0.338 e. The Bertz CT molecular complexity index is 1800. The fraction of sp³-hybridized carbons (Fsp3) is 0.219. The highest BCUT2D eigenvalue weighted by molar-refractivity contribution is 7.07. The van der Waals surface area contributed by atoms with Crippen LogP contribution >= 0.6 is 11.3 Å². The van der Waals surface area contributed by atoms with Gasteiger partial charge in [0.05, 0.1) is 35.1 Å². The topological polar surface area (TPSA) is 79.1 Å². The Morgan fingerprint density at radius 3 is 2.48 bits per heavy atom. The molecule has 5 rings (SSSR count). The zero-order chi connectivity index (χ0) is 28.2. The minimum absolute atomic E-state index is 0.214. The van der Waals surface area contributed by atoms with Crippen LogP contribution in [0.2, 0.25) is 0 Å². The van der Waals surface area contributed by atoms with E-state index < -0.39 is 12.0 Å². The summed E-state index contributed by atoms with van der Waals surface area (Å²) in [5.74, 6) is 0.969. The minimum Gasteiger partial charge on any atom is -0.493 e. The molecule has 0 spiro atoms. The molecule has 3 aromatic carbocycles. The van der Waals surface area contributed by atoms with Gasteiger partial charge >= 0.3 is 5.97 Å². The van der Waals surface area contributed by atoms with Gasteiger partial charge in [-0.2, -0.15) is 0 Å². The van der Waals surface area contributed by atoms with Crippen molar-refractivity contribution >= 4 is 34.2 Å². The molecular formula is C32H30N2O5S. The molecule has 1 atom stereocenters. The van der Waals surface area contributed by atoms with Gasteiger partial charge in [-0.1, -0.05) is 66.5 Å². The van der Waals surface area contributed by atoms with Gasteiger partial charge in [0, 0.05) is 5.39 Å². The van der Waals surface area contributed by atoms with E-state index in [1.807, 2.05) is 73.7 Å². The third-order valence-corrected chi connectivity index (χ3v) is 7.57. The maximum absolute atomic E-state index is 14.0. The molecule has 0 amide bonds. The molecule has 1 aliphatic heterocycles. The summed E-state index contributed by atoms with van der Waals surface area (Å²) in [4.78, 5) is 32.3. The lowest BCUT2D eigenvalue weighted by atomic mass is 9.96. The van der Waals surface area contributed by atoms with Gasteiger partial charge in [0.1, 0.15) is 18.1 Å². The van der Waals surface area contributed by atoms with Crippen LogP contribution < -0.4 is 24.4 Å². The van der Waals surface area contributed by atoms with Gasteiger partial charge < -0.3 is 14.2 Å².